The van der Waals surface area contributed by atoms with E-state index in [9.17, 15) is 9.59 Å². The molecule has 0 aromatic heterocycles. The molecule has 1 aliphatic rings. The van der Waals surface area contributed by atoms with Gasteiger partial charge in [-0.15, -0.1) is 0 Å². The van der Waals surface area contributed by atoms with Crippen molar-refractivity contribution in [3.8, 4) is 0 Å². The summed E-state index contributed by atoms with van der Waals surface area (Å²) in [5, 5.41) is 15.6. The van der Waals surface area contributed by atoms with Gasteiger partial charge >= 0.3 is 11.9 Å². The van der Waals surface area contributed by atoms with Crippen molar-refractivity contribution in [2.75, 3.05) is 13.2 Å². The Kier molecular flexibility index (Phi) is 6.34. The van der Waals surface area contributed by atoms with Crippen molar-refractivity contribution >= 4 is 11.9 Å². The molecule has 0 radical (unpaired) electrons. The maximum atomic E-state index is 9.55. The summed E-state index contributed by atoms with van der Waals surface area (Å²) in [7, 11) is 0. The van der Waals surface area contributed by atoms with Crippen molar-refractivity contribution in [2.24, 2.45) is 5.73 Å². The van der Waals surface area contributed by atoms with Gasteiger partial charge in [0.05, 0.1) is 6.10 Å². The van der Waals surface area contributed by atoms with Crippen LogP contribution in [0.5, 0.6) is 0 Å². The average Bonchev–Trinajstić information content (AvgIpc) is 2.00. The van der Waals surface area contributed by atoms with E-state index in [-0.39, 0.29) is 0 Å². The van der Waals surface area contributed by atoms with Crippen molar-refractivity contribution in [1.29, 1.82) is 0 Å². The summed E-state index contributed by atoms with van der Waals surface area (Å²) < 4.78 is 4.95. The van der Waals surface area contributed by atoms with E-state index in [0.717, 1.165) is 13.0 Å². The number of aliphatic carboxylic acids is 2. The fourth-order valence-electron chi connectivity index (χ4n) is 0.613. The van der Waals surface area contributed by atoms with Crippen LogP contribution in [0.2, 0.25) is 0 Å². The van der Waals surface area contributed by atoms with Crippen LogP contribution >= 0.6 is 0 Å². The highest BCUT2D eigenvalue weighted by Gasteiger charge is 2.14. The van der Waals surface area contributed by atoms with E-state index in [1.807, 2.05) is 0 Å². The molecule has 0 bridgehead atoms. The smallest absolute Gasteiger partial charge is 0.328 e. The lowest BCUT2D eigenvalue weighted by Crippen LogP contribution is -2.33. The molecule has 4 N–H and O–H groups in total. The minimum absolute atomic E-state index is 0.394. The van der Waals surface area contributed by atoms with E-state index >= 15 is 0 Å². The summed E-state index contributed by atoms with van der Waals surface area (Å²) in [6.45, 7) is 1.61. The summed E-state index contributed by atoms with van der Waals surface area (Å²) in [6, 6.07) is 0. The number of rotatable bonds is 3. The topological polar surface area (TPSA) is 110 Å². The van der Waals surface area contributed by atoms with Crippen molar-refractivity contribution in [2.45, 2.75) is 12.5 Å². The van der Waals surface area contributed by atoms with E-state index < -0.39 is 11.9 Å². The monoisotopic (exact) mass is 203 g/mol. The fourth-order valence-corrected chi connectivity index (χ4v) is 0.613. The largest absolute Gasteiger partial charge is 0.478 e. The summed E-state index contributed by atoms with van der Waals surface area (Å²) in [4.78, 5) is 19.1. The van der Waals surface area contributed by atoms with Crippen LogP contribution < -0.4 is 5.73 Å². The lowest BCUT2D eigenvalue weighted by atomic mass is 10.2. The highest BCUT2D eigenvalue weighted by atomic mass is 16.5. The van der Waals surface area contributed by atoms with Gasteiger partial charge in [0.15, 0.2) is 0 Å². The molecule has 0 aromatic carbocycles. The molecular weight excluding hydrogens is 190 g/mol. The normalized spacial score (nSPS) is 19.4. The Balaban J connectivity index is 0.000000249. The number of carboxylic acids is 2. The summed E-state index contributed by atoms with van der Waals surface area (Å²) in [6.07, 6.45) is 2.67. The molecule has 80 valence electrons. The Hall–Kier alpha value is -1.40. The van der Waals surface area contributed by atoms with Gasteiger partial charge in [0.2, 0.25) is 0 Å². The van der Waals surface area contributed by atoms with Gasteiger partial charge in [-0.25, -0.2) is 9.59 Å². The second-order valence-electron chi connectivity index (χ2n) is 2.53. The molecule has 1 atom stereocenters. The van der Waals surface area contributed by atoms with Crippen molar-refractivity contribution in [1.82, 2.24) is 0 Å². The summed E-state index contributed by atoms with van der Waals surface area (Å²) in [5.74, 6) is -2.51. The first-order chi connectivity index (χ1) is 6.56. The fraction of sp³-hybridized carbons (Fsp3) is 0.500. The second-order valence-corrected chi connectivity index (χ2v) is 2.53. The molecule has 1 heterocycles. The zero-order valence-corrected chi connectivity index (χ0v) is 7.55. The molecule has 0 spiro atoms. The Labute approximate surface area is 81.0 Å². The Morgan fingerprint density at radius 3 is 1.86 bits per heavy atom. The molecule has 1 aliphatic heterocycles. The summed E-state index contributed by atoms with van der Waals surface area (Å²) in [5.41, 5.74) is 5.21. The van der Waals surface area contributed by atoms with Gasteiger partial charge in [-0.2, -0.15) is 0 Å². The molecule has 14 heavy (non-hydrogen) atoms. The van der Waals surface area contributed by atoms with E-state index in [2.05, 4.69) is 0 Å². The van der Waals surface area contributed by atoms with Crippen LogP contribution in [-0.4, -0.2) is 41.4 Å². The molecule has 1 saturated heterocycles. The molecule has 0 aromatic rings. The van der Waals surface area contributed by atoms with Crippen molar-refractivity contribution < 1.29 is 24.5 Å². The predicted octanol–water partition coefficient (Wildman–Crippen LogP) is -0.554. The molecule has 0 saturated carbocycles. The van der Waals surface area contributed by atoms with Gasteiger partial charge in [-0.1, -0.05) is 0 Å². The Morgan fingerprint density at radius 1 is 1.36 bits per heavy atom. The number of carboxylic acid groups (broad SMARTS) is 2. The third kappa shape index (κ3) is 7.26. The minimum Gasteiger partial charge on any atom is -0.478 e. The van der Waals surface area contributed by atoms with Gasteiger partial charge < -0.3 is 20.7 Å². The predicted molar refractivity (Wildman–Crippen MR) is 47.8 cm³/mol. The van der Waals surface area contributed by atoms with Crippen LogP contribution in [0.4, 0.5) is 0 Å². The second kappa shape index (κ2) is 7.05. The van der Waals surface area contributed by atoms with Crippen LogP contribution in [0.25, 0.3) is 0 Å². The van der Waals surface area contributed by atoms with Crippen LogP contribution in [0.15, 0.2) is 12.2 Å². The molecular formula is C8H13NO5. The summed E-state index contributed by atoms with van der Waals surface area (Å²) >= 11 is 0. The minimum atomic E-state index is -1.26. The van der Waals surface area contributed by atoms with Crippen LogP contribution in [0.3, 0.4) is 0 Å². The van der Waals surface area contributed by atoms with Gasteiger partial charge in [-0.3, -0.25) is 0 Å². The molecule has 6 nitrogen and oxygen atoms in total. The third-order valence-electron chi connectivity index (χ3n) is 1.42. The lowest BCUT2D eigenvalue weighted by molar-refractivity contribution is -0.134. The number of ether oxygens (including phenoxy) is 1. The highest BCUT2D eigenvalue weighted by molar-refractivity contribution is 5.89. The molecule has 1 rings (SSSR count). The van der Waals surface area contributed by atoms with Gasteiger partial charge in [0.25, 0.3) is 0 Å². The zero-order chi connectivity index (χ0) is 11.0. The molecule has 0 unspecified atom stereocenters. The van der Waals surface area contributed by atoms with E-state index in [1.54, 1.807) is 0 Å². The molecule has 1 fully saturated rings. The number of carbonyl (C=O) groups is 2. The molecule has 6 heteroatoms. The van der Waals surface area contributed by atoms with E-state index in [4.69, 9.17) is 20.7 Å². The van der Waals surface area contributed by atoms with Crippen molar-refractivity contribution in [3.63, 3.8) is 0 Å². The average molecular weight is 203 g/mol. The first kappa shape index (κ1) is 12.6. The number of hydrogen-bond acceptors (Lipinski definition) is 4. The number of hydrogen-bond donors (Lipinski definition) is 3. The van der Waals surface area contributed by atoms with Gasteiger partial charge in [0.1, 0.15) is 0 Å². The van der Waals surface area contributed by atoms with Crippen LogP contribution in [0.1, 0.15) is 6.42 Å². The van der Waals surface area contributed by atoms with Gasteiger partial charge in [0, 0.05) is 25.3 Å². The maximum Gasteiger partial charge on any atom is 0.328 e. The molecule has 0 amide bonds. The maximum absolute atomic E-state index is 9.55. The quantitative estimate of drug-likeness (QED) is 0.530. The Bertz CT molecular complexity index is 203. The van der Waals surface area contributed by atoms with Crippen LogP contribution in [0, 0.1) is 0 Å². The van der Waals surface area contributed by atoms with Crippen molar-refractivity contribution in [3.05, 3.63) is 12.2 Å². The first-order valence-corrected chi connectivity index (χ1v) is 4.02. The highest BCUT2D eigenvalue weighted by Crippen LogP contribution is 2.07. The zero-order valence-electron chi connectivity index (χ0n) is 7.55. The lowest BCUT2D eigenvalue weighted by Gasteiger charge is -2.24. The number of nitrogens with two attached hydrogens (primary N) is 1. The van der Waals surface area contributed by atoms with Gasteiger partial charge in [-0.05, 0) is 6.42 Å². The Morgan fingerprint density at radius 2 is 1.79 bits per heavy atom. The third-order valence-corrected chi connectivity index (χ3v) is 1.42. The first-order valence-electron chi connectivity index (χ1n) is 4.02. The van der Waals surface area contributed by atoms with E-state index in [1.165, 1.54) is 0 Å². The van der Waals surface area contributed by atoms with E-state index in [0.29, 0.717) is 24.8 Å². The SMILES string of the molecule is NC[C@@H]1CCO1.O=C(O)/C=C/C(=O)O. The van der Waals surface area contributed by atoms with Crippen LogP contribution in [-0.2, 0) is 14.3 Å². The molecule has 0 aliphatic carbocycles. The standard InChI is InChI=1S/C4H9NO.C4H4O4/c5-3-4-1-2-6-4;5-3(6)1-2-4(7)8/h4H,1-3,5H2;1-2H,(H,5,6)(H,7,8)/b;2-1+/t4-;/m0./s1.